The summed E-state index contributed by atoms with van der Waals surface area (Å²) in [5.41, 5.74) is 0. The van der Waals surface area contributed by atoms with Gasteiger partial charge < -0.3 is 15.2 Å². The van der Waals surface area contributed by atoms with E-state index in [-0.39, 0.29) is 24.8 Å². The van der Waals surface area contributed by atoms with E-state index in [0.29, 0.717) is 19.6 Å². The Balaban J connectivity index is 2.00. The number of aliphatic carboxylic acids is 1. The number of nitrogens with one attached hydrogen (secondary N) is 1. The van der Waals surface area contributed by atoms with Crippen LogP contribution in [0.2, 0.25) is 0 Å². The van der Waals surface area contributed by atoms with Gasteiger partial charge in [0.05, 0.1) is 19.3 Å². The molecule has 0 spiro atoms. The zero-order valence-electron chi connectivity index (χ0n) is 7.28. The standard InChI is InChI=1S/C8H13NO4/c10-7(2-1-3-8(11)12)9-6-4-13-5-6/h6H,1-5H2,(H,9,10)(H,11,12). The van der Waals surface area contributed by atoms with Crippen LogP contribution in [-0.2, 0) is 14.3 Å². The average molecular weight is 187 g/mol. The van der Waals surface area contributed by atoms with Crippen molar-refractivity contribution in [2.24, 2.45) is 0 Å². The molecule has 0 atom stereocenters. The zero-order valence-corrected chi connectivity index (χ0v) is 7.28. The normalized spacial score (nSPS) is 16.3. The highest BCUT2D eigenvalue weighted by molar-refractivity contribution is 5.77. The van der Waals surface area contributed by atoms with Crippen molar-refractivity contribution in [2.75, 3.05) is 13.2 Å². The van der Waals surface area contributed by atoms with E-state index in [1.807, 2.05) is 0 Å². The Bertz CT molecular complexity index is 200. The van der Waals surface area contributed by atoms with Gasteiger partial charge in [0.2, 0.25) is 5.91 Å². The van der Waals surface area contributed by atoms with Crippen molar-refractivity contribution in [1.82, 2.24) is 5.32 Å². The fourth-order valence-electron chi connectivity index (χ4n) is 1.02. The number of carboxylic acids is 1. The molecule has 1 rings (SSSR count). The molecule has 0 radical (unpaired) electrons. The first-order valence-corrected chi connectivity index (χ1v) is 4.27. The fourth-order valence-corrected chi connectivity index (χ4v) is 1.02. The summed E-state index contributed by atoms with van der Waals surface area (Å²) in [5, 5.41) is 11.0. The first kappa shape index (κ1) is 9.98. The van der Waals surface area contributed by atoms with Crippen LogP contribution in [0.1, 0.15) is 19.3 Å². The molecule has 0 bridgehead atoms. The van der Waals surface area contributed by atoms with E-state index in [2.05, 4.69) is 5.32 Å². The predicted molar refractivity (Wildman–Crippen MR) is 44.2 cm³/mol. The Morgan fingerprint density at radius 3 is 2.54 bits per heavy atom. The van der Waals surface area contributed by atoms with E-state index in [1.165, 1.54) is 0 Å². The third kappa shape index (κ3) is 3.89. The zero-order chi connectivity index (χ0) is 9.68. The van der Waals surface area contributed by atoms with Crippen molar-refractivity contribution in [3.63, 3.8) is 0 Å². The van der Waals surface area contributed by atoms with Crippen LogP contribution in [0.3, 0.4) is 0 Å². The molecule has 1 fully saturated rings. The molecule has 1 amide bonds. The lowest BCUT2D eigenvalue weighted by atomic mass is 10.2. The highest BCUT2D eigenvalue weighted by Crippen LogP contribution is 2.01. The van der Waals surface area contributed by atoms with Crippen LogP contribution in [0.5, 0.6) is 0 Å². The van der Waals surface area contributed by atoms with Crippen molar-refractivity contribution in [3.05, 3.63) is 0 Å². The maximum absolute atomic E-state index is 11.1. The smallest absolute Gasteiger partial charge is 0.303 e. The minimum Gasteiger partial charge on any atom is -0.481 e. The van der Waals surface area contributed by atoms with Gasteiger partial charge in [-0.05, 0) is 6.42 Å². The molecular formula is C8H13NO4. The van der Waals surface area contributed by atoms with Gasteiger partial charge in [-0.25, -0.2) is 0 Å². The molecule has 0 aromatic heterocycles. The van der Waals surface area contributed by atoms with Crippen LogP contribution in [0.15, 0.2) is 0 Å². The Morgan fingerprint density at radius 1 is 1.38 bits per heavy atom. The first-order chi connectivity index (χ1) is 6.18. The van der Waals surface area contributed by atoms with Crippen LogP contribution in [0.4, 0.5) is 0 Å². The van der Waals surface area contributed by atoms with Gasteiger partial charge in [0.15, 0.2) is 0 Å². The van der Waals surface area contributed by atoms with E-state index in [0.717, 1.165) is 0 Å². The summed E-state index contributed by atoms with van der Waals surface area (Å²) in [6, 6.07) is 0.136. The molecule has 0 unspecified atom stereocenters. The lowest BCUT2D eigenvalue weighted by Crippen LogP contribution is -2.48. The Morgan fingerprint density at radius 2 is 2.08 bits per heavy atom. The number of ether oxygens (including phenoxy) is 1. The Kier molecular flexibility index (Phi) is 3.70. The van der Waals surface area contributed by atoms with Crippen molar-refractivity contribution in [3.8, 4) is 0 Å². The van der Waals surface area contributed by atoms with Gasteiger partial charge in [-0.15, -0.1) is 0 Å². The van der Waals surface area contributed by atoms with Crippen LogP contribution >= 0.6 is 0 Å². The molecule has 5 nitrogen and oxygen atoms in total. The Hall–Kier alpha value is -1.10. The van der Waals surface area contributed by atoms with E-state index < -0.39 is 5.97 Å². The largest absolute Gasteiger partial charge is 0.481 e. The molecule has 1 aliphatic rings. The third-order valence-electron chi connectivity index (χ3n) is 1.80. The van der Waals surface area contributed by atoms with Gasteiger partial charge in [0, 0.05) is 12.8 Å². The Labute approximate surface area is 76.1 Å². The van der Waals surface area contributed by atoms with Gasteiger partial charge in [0.1, 0.15) is 0 Å². The van der Waals surface area contributed by atoms with Crippen molar-refractivity contribution in [2.45, 2.75) is 25.3 Å². The summed E-state index contributed by atoms with van der Waals surface area (Å²) in [4.78, 5) is 21.2. The molecule has 13 heavy (non-hydrogen) atoms. The summed E-state index contributed by atoms with van der Waals surface area (Å²) >= 11 is 0. The second-order valence-electron chi connectivity index (χ2n) is 3.05. The molecule has 0 aromatic carbocycles. The number of hydrogen-bond acceptors (Lipinski definition) is 3. The maximum Gasteiger partial charge on any atom is 0.303 e. The molecule has 74 valence electrons. The van der Waals surface area contributed by atoms with Gasteiger partial charge in [-0.1, -0.05) is 0 Å². The minimum absolute atomic E-state index is 0.0502. The second kappa shape index (κ2) is 4.81. The number of carbonyl (C=O) groups excluding carboxylic acids is 1. The maximum atomic E-state index is 11.1. The van der Waals surface area contributed by atoms with Gasteiger partial charge in [0.25, 0.3) is 0 Å². The molecule has 1 saturated heterocycles. The van der Waals surface area contributed by atoms with Crippen LogP contribution in [0.25, 0.3) is 0 Å². The average Bonchev–Trinajstić information content (AvgIpc) is 1.96. The van der Waals surface area contributed by atoms with Crippen molar-refractivity contribution in [1.29, 1.82) is 0 Å². The number of amides is 1. The van der Waals surface area contributed by atoms with Gasteiger partial charge >= 0.3 is 5.97 Å². The molecule has 0 aliphatic carbocycles. The summed E-state index contributed by atoms with van der Waals surface area (Å²) in [5.74, 6) is -0.950. The highest BCUT2D eigenvalue weighted by atomic mass is 16.5. The monoisotopic (exact) mass is 187 g/mol. The number of carbonyl (C=O) groups is 2. The number of carboxylic acid groups (broad SMARTS) is 1. The van der Waals surface area contributed by atoms with E-state index >= 15 is 0 Å². The summed E-state index contributed by atoms with van der Waals surface area (Å²) in [6.45, 7) is 1.15. The van der Waals surface area contributed by atoms with Gasteiger partial charge in [-0.2, -0.15) is 0 Å². The summed E-state index contributed by atoms with van der Waals surface area (Å²) in [7, 11) is 0. The predicted octanol–water partition coefficient (Wildman–Crippen LogP) is -0.244. The molecule has 1 aliphatic heterocycles. The second-order valence-corrected chi connectivity index (χ2v) is 3.05. The van der Waals surface area contributed by atoms with E-state index in [1.54, 1.807) is 0 Å². The molecule has 0 saturated carbocycles. The van der Waals surface area contributed by atoms with Crippen molar-refractivity contribution >= 4 is 11.9 Å². The number of rotatable bonds is 5. The highest BCUT2D eigenvalue weighted by Gasteiger charge is 2.19. The number of hydrogen-bond donors (Lipinski definition) is 2. The van der Waals surface area contributed by atoms with Crippen LogP contribution < -0.4 is 5.32 Å². The first-order valence-electron chi connectivity index (χ1n) is 4.27. The quantitative estimate of drug-likeness (QED) is 0.622. The van der Waals surface area contributed by atoms with Crippen molar-refractivity contribution < 1.29 is 19.4 Å². The fraction of sp³-hybridized carbons (Fsp3) is 0.750. The minimum atomic E-state index is -0.861. The molecule has 0 aromatic rings. The summed E-state index contributed by atoms with van der Waals surface area (Å²) < 4.78 is 4.87. The SMILES string of the molecule is O=C(O)CCCC(=O)NC1COC1. The molecule has 2 N–H and O–H groups in total. The molecular weight excluding hydrogens is 174 g/mol. The molecule has 1 heterocycles. The topological polar surface area (TPSA) is 75.6 Å². The molecule has 5 heteroatoms. The van der Waals surface area contributed by atoms with Crippen LogP contribution in [-0.4, -0.2) is 36.2 Å². The lowest BCUT2D eigenvalue weighted by molar-refractivity contribution is -0.137. The van der Waals surface area contributed by atoms with E-state index in [9.17, 15) is 9.59 Å². The lowest BCUT2D eigenvalue weighted by Gasteiger charge is -2.26. The van der Waals surface area contributed by atoms with Crippen LogP contribution in [0, 0.1) is 0 Å². The summed E-state index contributed by atoms with van der Waals surface area (Å²) in [6.07, 6.45) is 0.728. The van der Waals surface area contributed by atoms with Gasteiger partial charge in [-0.3, -0.25) is 9.59 Å². The third-order valence-corrected chi connectivity index (χ3v) is 1.80. The van der Waals surface area contributed by atoms with E-state index in [4.69, 9.17) is 9.84 Å².